The van der Waals surface area contributed by atoms with E-state index < -0.39 is 65.5 Å². The predicted molar refractivity (Wildman–Crippen MR) is 188 cm³/mol. The van der Waals surface area contributed by atoms with Crippen molar-refractivity contribution in [1.82, 2.24) is 10.2 Å². The molecule has 1 aromatic rings. The van der Waals surface area contributed by atoms with Gasteiger partial charge >= 0.3 is 12.1 Å². The van der Waals surface area contributed by atoms with E-state index in [-0.39, 0.29) is 30.2 Å². The van der Waals surface area contributed by atoms with Crippen LogP contribution in [0.25, 0.3) is 0 Å². The normalized spacial score (nSPS) is 32.8. The topological polar surface area (TPSA) is 147 Å². The first-order valence-electron chi connectivity index (χ1n) is 16.4. The van der Waals surface area contributed by atoms with Crippen molar-refractivity contribution in [2.75, 3.05) is 31.9 Å². The van der Waals surface area contributed by atoms with Gasteiger partial charge in [0.05, 0.1) is 25.3 Å². The molecule has 1 aromatic carbocycles. The molecule has 3 heterocycles. The van der Waals surface area contributed by atoms with Gasteiger partial charge in [0.25, 0.3) is 0 Å². The standard InChI is InChI=1S/C35H48ClN3O9S/c1-19-10-9-11-20(2)35(44)18-26(46-33(43)37-35)21(3)31-34(5,48-31)27(47-32(42)22(4)38(6)28(40)12-13-49)17-29(41)39(7)24-15-23(14-19)16-25(45-8)30(24)36/h9-11,15-16,20-22,26-27,31,44,49H,12-14,17-18H2,1-8H3,(H,37,43)/b11-9+,19-10+/t20?,21-,22?,26?,27?,31?,34?,35?/m0/s1. The van der Waals surface area contributed by atoms with Crippen molar-refractivity contribution < 1.29 is 43.2 Å². The van der Waals surface area contributed by atoms with Crippen molar-refractivity contribution in [3.8, 4) is 5.75 Å². The minimum Gasteiger partial charge on any atom is -0.495 e. The van der Waals surface area contributed by atoms with Crippen LogP contribution in [0.5, 0.6) is 5.75 Å². The third-order valence-electron chi connectivity index (χ3n) is 9.99. The minimum absolute atomic E-state index is 0.0649. The van der Waals surface area contributed by atoms with Gasteiger partial charge in [0.2, 0.25) is 11.8 Å². The molecule has 2 fully saturated rings. The molecule has 4 rings (SSSR count). The summed E-state index contributed by atoms with van der Waals surface area (Å²) in [6.07, 6.45) is 2.73. The summed E-state index contributed by atoms with van der Waals surface area (Å²) in [6, 6.07) is 2.65. The maximum absolute atomic E-state index is 14.0. The number of fused-ring (bicyclic) bond motifs is 5. The van der Waals surface area contributed by atoms with E-state index >= 15 is 0 Å². The molecule has 2 saturated heterocycles. The number of carbonyl (C=O) groups excluding carboxylic acids is 4. The largest absolute Gasteiger partial charge is 0.495 e. The van der Waals surface area contributed by atoms with Crippen LogP contribution in [0.1, 0.15) is 59.4 Å². The highest BCUT2D eigenvalue weighted by atomic mass is 35.5. The molecule has 4 bridgehead atoms. The Kier molecular flexibility index (Phi) is 12.1. The average Bonchev–Trinajstić information content (AvgIpc) is 3.74. The molecular weight excluding hydrogens is 674 g/mol. The number of epoxide rings is 1. The lowest BCUT2D eigenvalue weighted by molar-refractivity contribution is -0.161. The summed E-state index contributed by atoms with van der Waals surface area (Å²) < 4.78 is 23.4. The minimum atomic E-state index is -1.61. The Morgan fingerprint density at radius 1 is 1.29 bits per heavy atom. The van der Waals surface area contributed by atoms with Crippen LogP contribution in [0, 0.1) is 11.8 Å². The summed E-state index contributed by atoms with van der Waals surface area (Å²) in [4.78, 5) is 55.5. The third-order valence-corrected chi connectivity index (χ3v) is 10.6. The summed E-state index contributed by atoms with van der Waals surface area (Å²) in [7, 11) is 4.58. The van der Waals surface area contributed by atoms with Gasteiger partial charge in [-0.15, -0.1) is 0 Å². The molecule has 3 aliphatic rings. The second kappa shape index (κ2) is 15.3. The van der Waals surface area contributed by atoms with E-state index in [9.17, 15) is 24.3 Å². The highest BCUT2D eigenvalue weighted by molar-refractivity contribution is 7.80. The number of carbonyl (C=O) groups is 4. The van der Waals surface area contributed by atoms with Crippen LogP contribution in [0.2, 0.25) is 5.02 Å². The first-order chi connectivity index (χ1) is 22.9. The van der Waals surface area contributed by atoms with Crippen molar-refractivity contribution in [3.05, 3.63) is 46.5 Å². The van der Waals surface area contributed by atoms with Gasteiger partial charge in [0.15, 0.2) is 0 Å². The highest BCUT2D eigenvalue weighted by Crippen LogP contribution is 2.49. The van der Waals surface area contributed by atoms with Crippen molar-refractivity contribution in [1.29, 1.82) is 0 Å². The number of aliphatic hydroxyl groups is 1. The fourth-order valence-corrected chi connectivity index (χ4v) is 6.90. The number of nitrogens with zero attached hydrogens (tertiary/aromatic N) is 2. The van der Waals surface area contributed by atoms with E-state index in [0.717, 1.165) is 11.1 Å². The molecule has 0 spiro atoms. The number of allylic oxidation sites excluding steroid dienone is 3. The van der Waals surface area contributed by atoms with Gasteiger partial charge in [-0.1, -0.05) is 49.2 Å². The molecule has 0 aromatic heterocycles. The fraction of sp³-hybridized carbons (Fsp3) is 0.600. The van der Waals surface area contributed by atoms with Gasteiger partial charge in [-0.05, 0) is 50.6 Å². The number of thiol groups is 1. The van der Waals surface area contributed by atoms with Gasteiger partial charge in [-0.25, -0.2) is 9.59 Å². The van der Waals surface area contributed by atoms with Crippen LogP contribution in [0.3, 0.4) is 0 Å². The Morgan fingerprint density at radius 3 is 2.63 bits per heavy atom. The summed E-state index contributed by atoms with van der Waals surface area (Å²) in [5, 5.41) is 14.4. The Hall–Kier alpha value is -3.26. The number of halogens is 1. The average molecular weight is 722 g/mol. The molecule has 7 unspecified atom stereocenters. The van der Waals surface area contributed by atoms with E-state index in [2.05, 4.69) is 17.9 Å². The Balaban J connectivity index is 1.76. The van der Waals surface area contributed by atoms with Crippen LogP contribution in [-0.4, -0.2) is 96.5 Å². The number of ether oxygens (including phenoxy) is 4. The SMILES string of the molecule is COc1cc2cc(c1Cl)N(C)C(=O)CC(OC(=O)C(C)N(C)C(=O)CCS)C1(C)OC1[C@@H](C)C1CC(O)(NC(=O)O1)C(C)/C=C/C=C(\C)C2. The van der Waals surface area contributed by atoms with Crippen molar-refractivity contribution in [2.24, 2.45) is 11.8 Å². The molecule has 3 aliphatic heterocycles. The lowest BCUT2D eigenvalue weighted by atomic mass is 9.82. The number of benzene rings is 1. The molecule has 49 heavy (non-hydrogen) atoms. The van der Waals surface area contributed by atoms with E-state index in [4.69, 9.17) is 30.5 Å². The summed E-state index contributed by atoms with van der Waals surface area (Å²) in [5.41, 5.74) is -0.563. The number of hydrogen-bond acceptors (Lipinski definition) is 10. The maximum Gasteiger partial charge on any atom is 0.409 e. The number of likely N-dealkylation sites (N-methyl/N-ethyl adjacent to an activating group) is 1. The number of anilines is 1. The van der Waals surface area contributed by atoms with Crippen LogP contribution in [-0.2, 0) is 35.0 Å². The molecule has 2 N–H and O–H groups in total. The number of amides is 3. The summed E-state index contributed by atoms with van der Waals surface area (Å²) in [6.45, 7) is 8.86. The molecule has 12 nitrogen and oxygen atoms in total. The van der Waals surface area contributed by atoms with Gasteiger partial charge < -0.3 is 33.9 Å². The molecule has 3 amide bonds. The van der Waals surface area contributed by atoms with Crippen molar-refractivity contribution in [2.45, 2.75) is 96.0 Å². The van der Waals surface area contributed by atoms with E-state index in [0.29, 0.717) is 23.6 Å². The van der Waals surface area contributed by atoms with Gasteiger partial charge in [-0.3, -0.25) is 14.9 Å². The molecule has 0 aliphatic carbocycles. The van der Waals surface area contributed by atoms with Crippen LogP contribution >= 0.6 is 24.2 Å². The third kappa shape index (κ3) is 8.38. The fourth-order valence-electron chi connectivity index (χ4n) is 6.39. The quantitative estimate of drug-likeness (QED) is 0.220. The molecule has 14 heteroatoms. The van der Waals surface area contributed by atoms with Crippen molar-refractivity contribution in [3.63, 3.8) is 0 Å². The number of esters is 1. The zero-order valence-corrected chi connectivity index (χ0v) is 31.0. The lowest BCUT2D eigenvalue weighted by Crippen LogP contribution is -2.60. The van der Waals surface area contributed by atoms with Crippen LogP contribution in [0.4, 0.5) is 10.5 Å². The molecule has 0 radical (unpaired) electrons. The zero-order chi connectivity index (χ0) is 36.4. The van der Waals surface area contributed by atoms with E-state index in [1.54, 1.807) is 33.9 Å². The number of rotatable bonds is 6. The Labute approximate surface area is 298 Å². The first kappa shape index (κ1) is 38.5. The molecular formula is C35H48ClN3O9S. The number of nitrogens with one attached hydrogen (secondary N) is 1. The molecule has 8 atom stereocenters. The van der Waals surface area contributed by atoms with Crippen LogP contribution in [0.15, 0.2) is 35.9 Å². The monoisotopic (exact) mass is 721 g/mol. The smallest absolute Gasteiger partial charge is 0.409 e. The van der Waals surface area contributed by atoms with E-state index in [1.165, 1.54) is 24.0 Å². The predicted octanol–water partition coefficient (Wildman–Crippen LogP) is 4.46. The molecule has 0 saturated carbocycles. The van der Waals surface area contributed by atoms with Crippen LogP contribution < -0.4 is 15.0 Å². The van der Waals surface area contributed by atoms with E-state index in [1.807, 2.05) is 38.1 Å². The maximum atomic E-state index is 14.0. The number of alkyl carbamates (subject to hydrolysis) is 1. The van der Waals surface area contributed by atoms with Gasteiger partial charge in [0.1, 0.15) is 40.3 Å². The second-order valence-corrected chi connectivity index (χ2v) is 14.3. The summed E-state index contributed by atoms with van der Waals surface area (Å²) in [5.74, 6) is -1.67. The van der Waals surface area contributed by atoms with Crippen molar-refractivity contribution >= 4 is 53.8 Å². The Bertz CT molecular complexity index is 1520. The highest BCUT2D eigenvalue weighted by Gasteiger charge is 2.64. The summed E-state index contributed by atoms with van der Waals surface area (Å²) >= 11 is 10.8. The zero-order valence-electron chi connectivity index (χ0n) is 29.3. The number of hydrogen-bond donors (Lipinski definition) is 3. The number of methoxy groups -OCH3 is 1. The second-order valence-electron chi connectivity index (χ2n) is 13.5. The Morgan fingerprint density at radius 2 is 1.98 bits per heavy atom. The molecule has 270 valence electrons. The first-order valence-corrected chi connectivity index (χ1v) is 17.4. The van der Waals surface area contributed by atoms with Gasteiger partial charge in [0, 0.05) is 38.8 Å². The lowest BCUT2D eigenvalue weighted by Gasteiger charge is -2.41. The van der Waals surface area contributed by atoms with Gasteiger partial charge in [-0.2, -0.15) is 12.6 Å².